The van der Waals surface area contributed by atoms with Crippen LogP contribution in [-0.4, -0.2) is 0 Å². The Labute approximate surface area is 269 Å². The van der Waals surface area contributed by atoms with E-state index in [0.29, 0.717) is 0 Å². The van der Waals surface area contributed by atoms with E-state index in [2.05, 4.69) is 169 Å². The SMILES string of the molecule is c1ccc(-c2ccccc2N(c2ccc(-c3ccccc3)c3c2sc2ccccc23)c2cccc3sc4ccccc4c23)cc1. The molecule has 3 heteroatoms. The third-order valence-electron chi connectivity index (χ3n) is 8.68. The first-order valence-corrected chi connectivity index (χ1v) is 16.8. The summed E-state index contributed by atoms with van der Waals surface area (Å²) in [5.74, 6) is 0. The Hall–Kier alpha value is -5.22. The molecule has 0 aliphatic carbocycles. The maximum Gasteiger partial charge on any atom is 0.0641 e. The number of nitrogens with zero attached hydrogens (tertiary/aromatic N) is 1. The highest BCUT2D eigenvalue weighted by molar-refractivity contribution is 7.26. The van der Waals surface area contributed by atoms with Gasteiger partial charge in [-0.05, 0) is 53.1 Å². The molecule has 1 nitrogen and oxygen atoms in total. The molecule has 9 rings (SSSR count). The molecule has 0 radical (unpaired) electrons. The van der Waals surface area contributed by atoms with Crippen LogP contribution in [0.25, 0.3) is 62.6 Å². The van der Waals surface area contributed by atoms with E-state index in [4.69, 9.17) is 0 Å². The Morgan fingerprint density at radius 1 is 0.333 bits per heavy atom. The molecule has 0 aliphatic heterocycles. The summed E-state index contributed by atoms with van der Waals surface area (Å²) in [6, 6.07) is 59.5. The van der Waals surface area contributed by atoms with Gasteiger partial charge in [0.05, 0.1) is 21.8 Å². The van der Waals surface area contributed by atoms with Crippen molar-refractivity contribution in [2.75, 3.05) is 4.90 Å². The third-order valence-corrected chi connectivity index (χ3v) is 11.0. The number of hydrogen-bond donors (Lipinski definition) is 0. The van der Waals surface area contributed by atoms with Crippen molar-refractivity contribution in [1.82, 2.24) is 0 Å². The first kappa shape index (κ1) is 26.2. The van der Waals surface area contributed by atoms with E-state index in [0.717, 1.165) is 5.69 Å². The average molecular weight is 610 g/mol. The summed E-state index contributed by atoms with van der Waals surface area (Å²) in [6.45, 7) is 0. The van der Waals surface area contributed by atoms with E-state index in [1.165, 1.54) is 74.0 Å². The number of anilines is 3. The summed E-state index contributed by atoms with van der Waals surface area (Å²) in [5.41, 5.74) is 8.46. The van der Waals surface area contributed by atoms with Gasteiger partial charge in [-0.3, -0.25) is 0 Å². The Balaban J connectivity index is 1.42. The largest absolute Gasteiger partial charge is 0.308 e. The first-order valence-electron chi connectivity index (χ1n) is 15.2. The Morgan fingerprint density at radius 2 is 0.889 bits per heavy atom. The fraction of sp³-hybridized carbons (Fsp3) is 0. The van der Waals surface area contributed by atoms with E-state index < -0.39 is 0 Å². The molecule has 0 N–H and O–H groups in total. The molecule has 0 fully saturated rings. The molecule has 0 unspecified atom stereocenters. The highest BCUT2D eigenvalue weighted by atomic mass is 32.1. The summed E-state index contributed by atoms with van der Waals surface area (Å²) < 4.78 is 5.19. The van der Waals surface area contributed by atoms with Crippen LogP contribution in [0.4, 0.5) is 17.1 Å². The minimum Gasteiger partial charge on any atom is -0.308 e. The second-order valence-corrected chi connectivity index (χ2v) is 13.4. The molecule has 45 heavy (non-hydrogen) atoms. The summed E-state index contributed by atoms with van der Waals surface area (Å²) in [6.07, 6.45) is 0. The van der Waals surface area contributed by atoms with Crippen molar-refractivity contribution < 1.29 is 0 Å². The van der Waals surface area contributed by atoms with Crippen LogP contribution in [0, 0.1) is 0 Å². The lowest BCUT2D eigenvalue weighted by atomic mass is 9.97. The van der Waals surface area contributed by atoms with Gasteiger partial charge in [0.2, 0.25) is 0 Å². The van der Waals surface area contributed by atoms with Crippen molar-refractivity contribution in [2.45, 2.75) is 0 Å². The van der Waals surface area contributed by atoms with E-state index in [1.807, 2.05) is 22.7 Å². The molecule has 0 amide bonds. The summed E-state index contributed by atoms with van der Waals surface area (Å²) >= 11 is 3.76. The Bertz CT molecular complexity index is 2490. The lowest BCUT2D eigenvalue weighted by molar-refractivity contribution is 1.32. The zero-order valence-electron chi connectivity index (χ0n) is 24.4. The van der Waals surface area contributed by atoms with Crippen molar-refractivity contribution in [1.29, 1.82) is 0 Å². The number of para-hydroxylation sites is 1. The monoisotopic (exact) mass is 609 g/mol. The van der Waals surface area contributed by atoms with E-state index >= 15 is 0 Å². The number of fused-ring (bicyclic) bond motifs is 6. The molecule has 2 aromatic heterocycles. The highest BCUT2D eigenvalue weighted by Gasteiger charge is 2.25. The van der Waals surface area contributed by atoms with Crippen LogP contribution in [0.1, 0.15) is 0 Å². The number of benzene rings is 7. The maximum absolute atomic E-state index is 2.52. The molecule has 0 bridgehead atoms. The minimum atomic E-state index is 1.16. The fourth-order valence-corrected chi connectivity index (χ4v) is 9.07. The van der Waals surface area contributed by atoms with E-state index in [9.17, 15) is 0 Å². The van der Waals surface area contributed by atoms with E-state index in [-0.39, 0.29) is 0 Å². The van der Waals surface area contributed by atoms with Crippen LogP contribution in [0.3, 0.4) is 0 Å². The van der Waals surface area contributed by atoms with Crippen LogP contribution in [0.15, 0.2) is 164 Å². The van der Waals surface area contributed by atoms with Crippen molar-refractivity contribution in [3.05, 3.63) is 164 Å². The van der Waals surface area contributed by atoms with Crippen molar-refractivity contribution in [3.63, 3.8) is 0 Å². The molecule has 2 heterocycles. The van der Waals surface area contributed by atoms with Gasteiger partial charge in [-0.2, -0.15) is 0 Å². The van der Waals surface area contributed by atoms with Crippen LogP contribution in [0.2, 0.25) is 0 Å². The standard InChI is InChI=1S/C42H27NS2/c1-3-14-28(15-4-1)30-18-7-10-21-34(30)43(35-22-13-25-39-41(35)33-20-9-11-23-37(33)44-39)36-27-26-31(29-16-5-2-6-17-29)40-32-19-8-12-24-38(32)45-42(36)40/h1-27H. The van der Waals surface area contributed by atoms with Crippen LogP contribution in [0.5, 0.6) is 0 Å². The normalized spacial score (nSPS) is 11.6. The molecule has 0 saturated heterocycles. The number of rotatable bonds is 5. The van der Waals surface area contributed by atoms with Gasteiger partial charge in [-0.15, -0.1) is 22.7 Å². The summed E-state index contributed by atoms with van der Waals surface area (Å²) in [7, 11) is 0. The Morgan fingerprint density at radius 3 is 1.64 bits per heavy atom. The van der Waals surface area contributed by atoms with Gasteiger partial charge in [0, 0.05) is 41.2 Å². The maximum atomic E-state index is 2.52. The smallest absolute Gasteiger partial charge is 0.0641 e. The predicted molar refractivity (Wildman–Crippen MR) is 198 cm³/mol. The molecule has 9 aromatic rings. The topological polar surface area (TPSA) is 3.24 Å². The lowest BCUT2D eigenvalue weighted by Crippen LogP contribution is -2.12. The molecule has 212 valence electrons. The van der Waals surface area contributed by atoms with Gasteiger partial charge in [-0.25, -0.2) is 0 Å². The molecular formula is C42H27NS2. The molecule has 7 aromatic carbocycles. The van der Waals surface area contributed by atoms with Gasteiger partial charge in [0.1, 0.15) is 0 Å². The second kappa shape index (κ2) is 10.7. The summed E-state index contributed by atoms with van der Waals surface area (Å²) in [5, 5.41) is 5.20. The minimum absolute atomic E-state index is 1.16. The second-order valence-electron chi connectivity index (χ2n) is 11.3. The zero-order valence-corrected chi connectivity index (χ0v) is 26.0. The quantitative estimate of drug-likeness (QED) is 0.188. The van der Waals surface area contributed by atoms with Gasteiger partial charge in [0.25, 0.3) is 0 Å². The third kappa shape index (κ3) is 4.27. The molecular weight excluding hydrogens is 583 g/mol. The average Bonchev–Trinajstić information content (AvgIpc) is 3.69. The van der Waals surface area contributed by atoms with Gasteiger partial charge in [0.15, 0.2) is 0 Å². The predicted octanol–water partition coefficient (Wildman–Crippen LogP) is 13.2. The summed E-state index contributed by atoms with van der Waals surface area (Å²) in [4.78, 5) is 2.52. The van der Waals surface area contributed by atoms with Crippen molar-refractivity contribution in [3.8, 4) is 22.3 Å². The van der Waals surface area contributed by atoms with Gasteiger partial charge < -0.3 is 4.90 Å². The molecule has 0 saturated carbocycles. The Kier molecular flexibility index (Phi) is 6.26. The fourth-order valence-electron chi connectivity index (χ4n) is 6.71. The first-order chi connectivity index (χ1) is 22.3. The highest BCUT2D eigenvalue weighted by Crippen LogP contribution is 2.52. The number of thiophene rings is 2. The van der Waals surface area contributed by atoms with E-state index in [1.54, 1.807) is 0 Å². The molecule has 0 spiro atoms. The van der Waals surface area contributed by atoms with Gasteiger partial charge >= 0.3 is 0 Å². The number of hydrogen-bond acceptors (Lipinski definition) is 3. The van der Waals surface area contributed by atoms with Crippen LogP contribution < -0.4 is 4.90 Å². The van der Waals surface area contributed by atoms with Crippen LogP contribution in [-0.2, 0) is 0 Å². The molecule has 0 aliphatic rings. The van der Waals surface area contributed by atoms with Gasteiger partial charge in [-0.1, -0.05) is 127 Å². The molecule has 0 atom stereocenters. The van der Waals surface area contributed by atoms with Crippen LogP contribution >= 0.6 is 22.7 Å². The zero-order chi connectivity index (χ0) is 29.7. The van der Waals surface area contributed by atoms with Crippen molar-refractivity contribution in [2.24, 2.45) is 0 Å². The van der Waals surface area contributed by atoms with Crippen molar-refractivity contribution >= 4 is 80.1 Å². The lowest BCUT2D eigenvalue weighted by Gasteiger charge is -2.29.